The number of nitrogens with one attached hydrogen (secondary N) is 2. The van der Waals surface area contributed by atoms with Crippen LogP contribution in [0.1, 0.15) is 30.1 Å². The summed E-state index contributed by atoms with van der Waals surface area (Å²) in [5.74, 6) is 1.39. The Hall–Kier alpha value is -2.21. The van der Waals surface area contributed by atoms with Crippen molar-refractivity contribution in [2.24, 2.45) is 0 Å². The number of piperidine rings is 1. The highest BCUT2D eigenvalue weighted by Crippen LogP contribution is 2.08. The van der Waals surface area contributed by atoms with Crippen molar-refractivity contribution < 1.29 is 9.32 Å². The van der Waals surface area contributed by atoms with Crippen LogP contribution < -0.4 is 10.6 Å². The zero-order chi connectivity index (χ0) is 14.5. The highest BCUT2D eigenvalue weighted by atomic mass is 16.5. The molecule has 1 unspecified atom stereocenters. The third-order valence-electron chi connectivity index (χ3n) is 3.52. The van der Waals surface area contributed by atoms with E-state index in [2.05, 4.69) is 20.8 Å². The van der Waals surface area contributed by atoms with Crippen LogP contribution in [-0.4, -0.2) is 28.6 Å². The minimum Gasteiger partial charge on any atom is -0.355 e. The Bertz CT molecular complexity index is 587. The first-order valence-corrected chi connectivity index (χ1v) is 7.15. The van der Waals surface area contributed by atoms with E-state index in [0.717, 1.165) is 12.0 Å². The Balaban J connectivity index is 1.50. The van der Waals surface area contributed by atoms with Crippen LogP contribution in [0.2, 0.25) is 0 Å². The molecule has 2 N–H and O–H groups in total. The van der Waals surface area contributed by atoms with Crippen molar-refractivity contribution in [3.63, 3.8) is 0 Å². The minimum absolute atomic E-state index is 0.121. The third-order valence-corrected chi connectivity index (χ3v) is 3.52. The SMILES string of the molecule is O=C1CCC(NCc2nc(Cc3ccccc3)no2)CN1. The Morgan fingerprint density at radius 3 is 2.95 bits per heavy atom. The van der Waals surface area contributed by atoms with Crippen LogP contribution in [0, 0.1) is 0 Å². The largest absolute Gasteiger partial charge is 0.355 e. The number of amides is 1. The molecule has 1 atom stereocenters. The highest BCUT2D eigenvalue weighted by Gasteiger charge is 2.18. The summed E-state index contributed by atoms with van der Waals surface area (Å²) in [6, 6.07) is 10.3. The minimum atomic E-state index is 0.121. The Labute approximate surface area is 122 Å². The molecular formula is C15H18N4O2. The van der Waals surface area contributed by atoms with Crippen molar-refractivity contribution in [1.82, 2.24) is 20.8 Å². The molecule has 1 fully saturated rings. The summed E-state index contributed by atoms with van der Waals surface area (Å²) in [5, 5.41) is 10.2. The Kier molecular flexibility index (Phi) is 4.25. The monoisotopic (exact) mass is 286 g/mol. The fraction of sp³-hybridized carbons (Fsp3) is 0.400. The fourth-order valence-electron chi connectivity index (χ4n) is 2.35. The van der Waals surface area contributed by atoms with Crippen LogP contribution in [0.5, 0.6) is 0 Å². The molecule has 1 aliphatic heterocycles. The van der Waals surface area contributed by atoms with Gasteiger partial charge in [0.25, 0.3) is 0 Å². The summed E-state index contributed by atoms with van der Waals surface area (Å²) in [6.07, 6.45) is 2.08. The molecule has 0 spiro atoms. The molecule has 1 saturated heterocycles. The lowest BCUT2D eigenvalue weighted by molar-refractivity contribution is -0.122. The zero-order valence-electron chi connectivity index (χ0n) is 11.7. The van der Waals surface area contributed by atoms with Gasteiger partial charge in [-0.3, -0.25) is 4.79 Å². The Morgan fingerprint density at radius 2 is 2.19 bits per heavy atom. The first-order chi connectivity index (χ1) is 10.3. The molecule has 110 valence electrons. The molecule has 1 aromatic heterocycles. The summed E-state index contributed by atoms with van der Waals surface area (Å²) < 4.78 is 5.24. The lowest BCUT2D eigenvalue weighted by Crippen LogP contribution is -2.45. The molecule has 2 aromatic rings. The predicted octanol–water partition coefficient (Wildman–Crippen LogP) is 1.03. The number of hydrogen-bond donors (Lipinski definition) is 2. The summed E-state index contributed by atoms with van der Waals surface area (Å²) in [7, 11) is 0. The molecule has 0 aliphatic carbocycles. The van der Waals surface area contributed by atoms with E-state index in [9.17, 15) is 4.79 Å². The Morgan fingerprint density at radius 1 is 1.33 bits per heavy atom. The maximum atomic E-state index is 11.1. The van der Waals surface area contributed by atoms with Gasteiger partial charge in [-0.2, -0.15) is 4.98 Å². The summed E-state index contributed by atoms with van der Waals surface area (Å²) in [6.45, 7) is 1.19. The standard InChI is InChI=1S/C15H18N4O2/c20-14-7-6-12(9-17-14)16-10-15-18-13(19-21-15)8-11-4-2-1-3-5-11/h1-5,12,16H,6-10H2,(H,17,20). The van der Waals surface area contributed by atoms with E-state index in [1.165, 1.54) is 0 Å². The molecule has 1 aromatic carbocycles. The fourth-order valence-corrected chi connectivity index (χ4v) is 2.35. The number of carbonyl (C=O) groups is 1. The van der Waals surface area contributed by atoms with Crippen LogP contribution in [0.25, 0.3) is 0 Å². The highest BCUT2D eigenvalue weighted by molar-refractivity contribution is 5.76. The maximum Gasteiger partial charge on any atom is 0.240 e. The molecule has 0 saturated carbocycles. The van der Waals surface area contributed by atoms with Gasteiger partial charge in [0.2, 0.25) is 11.8 Å². The third kappa shape index (κ3) is 3.88. The number of rotatable bonds is 5. The smallest absolute Gasteiger partial charge is 0.240 e. The van der Waals surface area contributed by atoms with Crippen molar-refractivity contribution >= 4 is 5.91 Å². The summed E-state index contributed by atoms with van der Waals surface area (Å²) in [4.78, 5) is 15.5. The molecule has 3 rings (SSSR count). The topological polar surface area (TPSA) is 80.1 Å². The van der Waals surface area contributed by atoms with E-state index in [4.69, 9.17) is 4.52 Å². The molecular weight excluding hydrogens is 268 g/mol. The van der Waals surface area contributed by atoms with Crippen molar-refractivity contribution in [3.8, 4) is 0 Å². The van der Waals surface area contributed by atoms with Gasteiger partial charge in [-0.1, -0.05) is 35.5 Å². The molecule has 6 nitrogen and oxygen atoms in total. The molecule has 1 amide bonds. The number of nitrogens with zero attached hydrogens (tertiary/aromatic N) is 2. The van der Waals surface area contributed by atoms with Crippen LogP contribution >= 0.6 is 0 Å². The van der Waals surface area contributed by atoms with E-state index in [1.807, 2.05) is 30.3 Å². The number of aromatic nitrogens is 2. The molecule has 0 bridgehead atoms. The van der Waals surface area contributed by atoms with Gasteiger partial charge in [0.05, 0.1) is 6.54 Å². The van der Waals surface area contributed by atoms with Crippen LogP contribution in [0.4, 0.5) is 0 Å². The quantitative estimate of drug-likeness (QED) is 0.858. The second kappa shape index (κ2) is 6.49. The average Bonchev–Trinajstić information content (AvgIpc) is 2.95. The van der Waals surface area contributed by atoms with Gasteiger partial charge in [-0.15, -0.1) is 0 Å². The van der Waals surface area contributed by atoms with Crippen LogP contribution in [0.15, 0.2) is 34.9 Å². The number of carbonyl (C=O) groups excluding carboxylic acids is 1. The molecule has 21 heavy (non-hydrogen) atoms. The predicted molar refractivity (Wildman–Crippen MR) is 76.4 cm³/mol. The van der Waals surface area contributed by atoms with Gasteiger partial charge < -0.3 is 15.2 Å². The summed E-state index contributed by atoms with van der Waals surface area (Å²) >= 11 is 0. The van der Waals surface area contributed by atoms with Gasteiger partial charge in [-0.25, -0.2) is 0 Å². The second-order valence-corrected chi connectivity index (χ2v) is 5.19. The number of hydrogen-bond acceptors (Lipinski definition) is 5. The van der Waals surface area contributed by atoms with Gasteiger partial charge >= 0.3 is 0 Å². The first kappa shape index (κ1) is 13.8. The van der Waals surface area contributed by atoms with Gasteiger partial charge in [0.1, 0.15) is 0 Å². The normalized spacial score (nSPS) is 18.5. The molecule has 6 heteroatoms. The van der Waals surface area contributed by atoms with E-state index in [0.29, 0.717) is 37.6 Å². The van der Waals surface area contributed by atoms with E-state index >= 15 is 0 Å². The van der Waals surface area contributed by atoms with E-state index in [1.54, 1.807) is 0 Å². The summed E-state index contributed by atoms with van der Waals surface area (Å²) in [5.41, 5.74) is 1.16. The van der Waals surface area contributed by atoms with Crippen molar-refractivity contribution in [2.75, 3.05) is 6.54 Å². The lowest BCUT2D eigenvalue weighted by Gasteiger charge is -2.22. The zero-order valence-corrected chi connectivity index (χ0v) is 11.7. The molecule has 2 heterocycles. The lowest BCUT2D eigenvalue weighted by atomic mass is 10.1. The maximum absolute atomic E-state index is 11.1. The van der Waals surface area contributed by atoms with E-state index < -0.39 is 0 Å². The van der Waals surface area contributed by atoms with Crippen LogP contribution in [0.3, 0.4) is 0 Å². The van der Waals surface area contributed by atoms with E-state index in [-0.39, 0.29) is 11.9 Å². The van der Waals surface area contributed by atoms with Crippen molar-refractivity contribution in [3.05, 3.63) is 47.6 Å². The first-order valence-electron chi connectivity index (χ1n) is 7.15. The van der Waals surface area contributed by atoms with Crippen LogP contribution in [-0.2, 0) is 17.8 Å². The number of benzene rings is 1. The van der Waals surface area contributed by atoms with Gasteiger partial charge in [0.15, 0.2) is 5.82 Å². The molecule has 0 radical (unpaired) electrons. The molecule has 1 aliphatic rings. The van der Waals surface area contributed by atoms with Gasteiger partial charge in [0, 0.05) is 25.4 Å². The average molecular weight is 286 g/mol. The second-order valence-electron chi connectivity index (χ2n) is 5.19. The van der Waals surface area contributed by atoms with Crippen molar-refractivity contribution in [1.29, 1.82) is 0 Å². The van der Waals surface area contributed by atoms with Gasteiger partial charge in [-0.05, 0) is 12.0 Å². The van der Waals surface area contributed by atoms with Crippen molar-refractivity contribution in [2.45, 2.75) is 31.8 Å².